The Labute approximate surface area is 162 Å². The van der Waals surface area contributed by atoms with Gasteiger partial charge in [0.2, 0.25) is 5.91 Å². The lowest BCUT2D eigenvalue weighted by atomic mass is 10.1. The molecule has 1 N–H and O–H groups in total. The Morgan fingerprint density at radius 1 is 1.14 bits per heavy atom. The number of esters is 1. The Morgan fingerprint density at radius 2 is 1.86 bits per heavy atom. The van der Waals surface area contributed by atoms with Crippen LogP contribution in [0, 0.1) is 6.92 Å². The second kappa shape index (κ2) is 7.43. The fraction of sp³-hybridized carbons (Fsp3) is 0.211. The molecule has 0 saturated carbocycles. The van der Waals surface area contributed by atoms with E-state index in [0.717, 1.165) is 5.56 Å². The first-order valence-electron chi connectivity index (χ1n) is 8.40. The van der Waals surface area contributed by atoms with E-state index in [0.29, 0.717) is 9.99 Å². The molecule has 0 bridgehead atoms. The van der Waals surface area contributed by atoms with Crippen molar-refractivity contribution in [2.45, 2.75) is 18.2 Å². The van der Waals surface area contributed by atoms with Crippen molar-refractivity contribution in [2.75, 3.05) is 19.0 Å². The van der Waals surface area contributed by atoms with Gasteiger partial charge in [-0.3, -0.25) is 9.59 Å². The number of ether oxygens (including phenoxy) is 1. The SMILES string of the molecule is COC(=O)c1ccc(C)c(NC(=O)CCN2C(=O)c3ccccc3S2(=O)=O)c1. The van der Waals surface area contributed by atoms with Crippen molar-refractivity contribution in [3.63, 3.8) is 0 Å². The summed E-state index contributed by atoms with van der Waals surface area (Å²) in [4.78, 5) is 36.2. The molecule has 1 aliphatic heterocycles. The maximum atomic E-state index is 12.5. The smallest absolute Gasteiger partial charge is 0.337 e. The molecular formula is C19H18N2O6S. The van der Waals surface area contributed by atoms with Crippen LogP contribution in [-0.4, -0.2) is 44.2 Å². The highest BCUT2D eigenvalue weighted by Gasteiger charge is 2.40. The van der Waals surface area contributed by atoms with Gasteiger partial charge >= 0.3 is 5.97 Å². The molecule has 0 unspecified atom stereocenters. The van der Waals surface area contributed by atoms with Gasteiger partial charge in [0.15, 0.2) is 0 Å². The maximum Gasteiger partial charge on any atom is 0.337 e. The number of amides is 2. The molecule has 0 saturated heterocycles. The van der Waals surface area contributed by atoms with Crippen LogP contribution >= 0.6 is 0 Å². The predicted octanol–water partition coefficient (Wildman–Crippen LogP) is 1.95. The minimum absolute atomic E-state index is 0.0537. The molecule has 146 valence electrons. The number of rotatable bonds is 5. The number of methoxy groups -OCH3 is 1. The average Bonchev–Trinajstić information content (AvgIpc) is 2.87. The van der Waals surface area contributed by atoms with Crippen molar-refractivity contribution >= 4 is 33.5 Å². The van der Waals surface area contributed by atoms with Crippen LogP contribution in [0.15, 0.2) is 47.4 Å². The standard InChI is InChI=1S/C19H18N2O6S/c1-12-7-8-13(19(24)27-2)11-15(12)20-17(22)9-10-21-18(23)14-5-3-4-6-16(14)28(21,25)26/h3-8,11H,9-10H2,1-2H3,(H,20,22). The number of anilines is 1. The van der Waals surface area contributed by atoms with Crippen LogP contribution in [0.1, 0.15) is 32.7 Å². The van der Waals surface area contributed by atoms with E-state index < -0.39 is 27.8 Å². The summed E-state index contributed by atoms with van der Waals surface area (Å²) in [5.41, 5.74) is 1.51. The molecule has 9 heteroatoms. The normalized spacial score (nSPS) is 14.5. The number of hydrogen-bond acceptors (Lipinski definition) is 6. The fourth-order valence-electron chi connectivity index (χ4n) is 2.87. The lowest BCUT2D eigenvalue weighted by molar-refractivity contribution is -0.116. The molecule has 2 aromatic rings. The van der Waals surface area contributed by atoms with E-state index in [4.69, 9.17) is 0 Å². The Morgan fingerprint density at radius 3 is 2.54 bits per heavy atom. The van der Waals surface area contributed by atoms with Crippen LogP contribution in [0.5, 0.6) is 0 Å². The van der Waals surface area contributed by atoms with Gasteiger partial charge < -0.3 is 10.1 Å². The zero-order valence-electron chi connectivity index (χ0n) is 15.3. The first-order valence-corrected chi connectivity index (χ1v) is 9.84. The molecule has 3 rings (SSSR count). The molecule has 2 amide bonds. The van der Waals surface area contributed by atoms with Gasteiger partial charge in [0.1, 0.15) is 4.90 Å². The summed E-state index contributed by atoms with van der Waals surface area (Å²) in [7, 11) is -2.70. The second-order valence-electron chi connectivity index (χ2n) is 6.20. The minimum Gasteiger partial charge on any atom is -0.465 e. The third-order valence-corrected chi connectivity index (χ3v) is 6.23. The lowest BCUT2D eigenvalue weighted by Gasteiger charge is -2.15. The molecule has 0 fully saturated rings. The van der Waals surface area contributed by atoms with Crippen molar-refractivity contribution < 1.29 is 27.5 Å². The first kappa shape index (κ1) is 19.6. The third kappa shape index (κ3) is 3.48. The van der Waals surface area contributed by atoms with Crippen molar-refractivity contribution in [1.29, 1.82) is 0 Å². The summed E-state index contributed by atoms with van der Waals surface area (Å²) in [6.45, 7) is 1.47. The second-order valence-corrected chi connectivity index (χ2v) is 8.03. The molecule has 8 nitrogen and oxygen atoms in total. The van der Waals surface area contributed by atoms with Crippen LogP contribution in [0.2, 0.25) is 0 Å². The molecule has 0 aromatic heterocycles. The van der Waals surface area contributed by atoms with E-state index in [1.54, 1.807) is 25.1 Å². The number of aryl methyl sites for hydroxylation is 1. The topological polar surface area (TPSA) is 110 Å². The Bertz CT molecular complexity index is 1080. The van der Waals surface area contributed by atoms with Gasteiger partial charge in [0, 0.05) is 18.7 Å². The summed E-state index contributed by atoms with van der Waals surface area (Å²) in [6.07, 6.45) is -0.221. The van der Waals surface area contributed by atoms with E-state index in [9.17, 15) is 22.8 Å². The molecule has 0 aliphatic carbocycles. The number of benzene rings is 2. The molecule has 0 radical (unpaired) electrons. The summed E-state index contributed by atoms with van der Waals surface area (Å²) < 4.78 is 30.3. The number of carbonyl (C=O) groups is 3. The number of sulfonamides is 1. The number of nitrogens with one attached hydrogen (secondary N) is 1. The van der Waals surface area contributed by atoms with Gasteiger partial charge in [0.05, 0.1) is 18.2 Å². The molecule has 1 aliphatic rings. The molecule has 28 heavy (non-hydrogen) atoms. The zero-order chi connectivity index (χ0) is 20.5. The first-order chi connectivity index (χ1) is 13.3. The van der Waals surface area contributed by atoms with Gasteiger partial charge in [-0.05, 0) is 36.8 Å². The predicted molar refractivity (Wildman–Crippen MR) is 100 cm³/mol. The fourth-order valence-corrected chi connectivity index (χ4v) is 4.44. The highest BCUT2D eigenvalue weighted by Crippen LogP contribution is 2.30. The van der Waals surface area contributed by atoms with Gasteiger partial charge in [0.25, 0.3) is 15.9 Å². The van der Waals surface area contributed by atoms with Crippen LogP contribution in [0.25, 0.3) is 0 Å². The summed E-state index contributed by atoms with van der Waals surface area (Å²) in [6, 6.07) is 10.6. The number of nitrogens with zero attached hydrogens (tertiary/aromatic N) is 1. The van der Waals surface area contributed by atoms with Crippen molar-refractivity contribution in [3.05, 3.63) is 59.2 Å². The van der Waals surface area contributed by atoms with Gasteiger partial charge in [-0.25, -0.2) is 17.5 Å². The van der Waals surface area contributed by atoms with E-state index in [-0.39, 0.29) is 29.0 Å². The Hall–Kier alpha value is -3.20. The van der Waals surface area contributed by atoms with E-state index in [1.807, 2.05) is 0 Å². The summed E-state index contributed by atoms with van der Waals surface area (Å²) in [5.74, 6) is -1.67. The molecule has 2 aromatic carbocycles. The van der Waals surface area contributed by atoms with E-state index >= 15 is 0 Å². The maximum absolute atomic E-state index is 12.5. The summed E-state index contributed by atoms with van der Waals surface area (Å²) in [5, 5.41) is 2.64. The third-order valence-electron chi connectivity index (χ3n) is 4.39. The summed E-state index contributed by atoms with van der Waals surface area (Å²) >= 11 is 0. The van der Waals surface area contributed by atoms with E-state index in [2.05, 4.69) is 10.1 Å². The van der Waals surface area contributed by atoms with Gasteiger partial charge in [-0.1, -0.05) is 18.2 Å². The number of fused-ring (bicyclic) bond motifs is 1. The van der Waals surface area contributed by atoms with Crippen molar-refractivity contribution in [2.24, 2.45) is 0 Å². The van der Waals surface area contributed by atoms with E-state index in [1.165, 1.54) is 31.4 Å². The quantitative estimate of drug-likeness (QED) is 0.766. The molecular weight excluding hydrogens is 384 g/mol. The molecule has 0 spiro atoms. The van der Waals surface area contributed by atoms with Gasteiger partial charge in [-0.2, -0.15) is 0 Å². The highest BCUT2D eigenvalue weighted by atomic mass is 32.2. The molecule has 1 heterocycles. The average molecular weight is 402 g/mol. The van der Waals surface area contributed by atoms with Crippen LogP contribution in [0.4, 0.5) is 5.69 Å². The number of carbonyl (C=O) groups excluding carboxylic acids is 3. The van der Waals surface area contributed by atoms with Crippen LogP contribution in [-0.2, 0) is 19.6 Å². The monoisotopic (exact) mass is 402 g/mol. The zero-order valence-corrected chi connectivity index (χ0v) is 16.1. The van der Waals surface area contributed by atoms with Crippen LogP contribution < -0.4 is 5.32 Å². The lowest BCUT2D eigenvalue weighted by Crippen LogP contribution is -2.33. The minimum atomic E-state index is -3.95. The van der Waals surface area contributed by atoms with Crippen molar-refractivity contribution in [3.8, 4) is 0 Å². The van der Waals surface area contributed by atoms with Crippen molar-refractivity contribution in [1.82, 2.24) is 4.31 Å². The Kier molecular flexibility index (Phi) is 5.19. The molecule has 0 atom stereocenters. The Balaban J connectivity index is 1.71. The number of hydrogen-bond donors (Lipinski definition) is 1. The van der Waals surface area contributed by atoms with Crippen LogP contribution in [0.3, 0.4) is 0 Å². The van der Waals surface area contributed by atoms with Gasteiger partial charge in [-0.15, -0.1) is 0 Å². The largest absolute Gasteiger partial charge is 0.465 e. The highest BCUT2D eigenvalue weighted by molar-refractivity contribution is 7.90.